The van der Waals surface area contributed by atoms with E-state index in [0.717, 1.165) is 12.8 Å². The first-order chi connectivity index (χ1) is 9.04. The fourth-order valence-electron chi connectivity index (χ4n) is 3.39. The van der Waals surface area contributed by atoms with Gasteiger partial charge in [0, 0.05) is 25.7 Å². The summed E-state index contributed by atoms with van der Waals surface area (Å²) in [5, 5.41) is 9.14. The molecule has 0 aromatic carbocycles. The standard InChI is InChI=1S/C14H24N2O3/c1-3-16(11-6-4-5-7-11)14(19)15-8-10(2)12(9-15)13(17)18/h10-12H,3-9H2,1-2H3,(H,17,18). The molecule has 1 saturated heterocycles. The first kappa shape index (κ1) is 14.2. The SMILES string of the molecule is CCN(C(=O)N1CC(C)C(C(=O)O)C1)C1CCCC1. The second-order valence-corrected chi connectivity index (χ2v) is 5.83. The molecule has 19 heavy (non-hydrogen) atoms. The van der Waals surface area contributed by atoms with Crippen molar-refractivity contribution in [1.82, 2.24) is 9.80 Å². The summed E-state index contributed by atoms with van der Waals surface area (Å²) >= 11 is 0. The molecule has 1 aliphatic carbocycles. The average molecular weight is 268 g/mol. The smallest absolute Gasteiger partial charge is 0.320 e. The van der Waals surface area contributed by atoms with Crippen LogP contribution in [0.1, 0.15) is 39.5 Å². The molecule has 2 aliphatic rings. The van der Waals surface area contributed by atoms with Gasteiger partial charge in [-0.3, -0.25) is 4.79 Å². The first-order valence-corrected chi connectivity index (χ1v) is 7.33. The van der Waals surface area contributed by atoms with Gasteiger partial charge in [0.25, 0.3) is 0 Å². The van der Waals surface area contributed by atoms with Crippen LogP contribution in [-0.2, 0) is 4.79 Å². The number of hydrogen-bond donors (Lipinski definition) is 1. The summed E-state index contributed by atoms with van der Waals surface area (Å²) < 4.78 is 0. The van der Waals surface area contributed by atoms with Crippen molar-refractivity contribution in [3.8, 4) is 0 Å². The Kier molecular flexibility index (Phi) is 4.32. The molecular formula is C14H24N2O3. The summed E-state index contributed by atoms with van der Waals surface area (Å²) in [7, 11) is 0. The summed E-state index contributed by atoms with van der Waals surface area (Å²) in [5.74, 6) is -1.15. The number of likely N-dealkylation sites (tertiary alicyclic amines) is 1. The van der Waals surface area contributed by atoms with E-state index in [4.69, 9.17) is 5.11 Å². The van der Waals surface area contributed by atoms with Crippen molar-refractivity contribution >= 4 is 12.0 Å². The number of amides is 2. The van der Waals surface area contributed by atoms with E-state index >= 15 is 0 Å². The van der Waals surface area contributed by atoms with Gasteiger partial charge in [-0.15, -0.1) is 0 Å². The second kappa shape index (κ2) is 5.80. The minimum Gasteiger partial charge on any atom is -0.481 e. The van der Waals surface area contributed by atoms with Gasteiger partial charge in [-0.05, 0) is 25.7 Å². The largest absolute Gasteiger partial charge is 0.481 e. The number of urea groups is 1. The second-order valence-electron chi connectivity index (χ2n) is 5.83. The highest BCUT2D eigenvalue weighted by Crippen LogP contribution is 2.28. The van der Waals surface area contributed by atoms with Crippen molar-refractivity contribution in [1.29, 1.82) is 0 Å². The molecule has 0 bridgehead atoms. The molecule has 1 aliphatic heterocycles. The molecule has 2 amide bonds. The van der Waals surface area contributed by atoms with Crippen LogP contribution >= 0.6 is 0 Å². The van der Waals surface area contributed by atoms with Crippen LogP contribution in [0, 0.1) is 11.8 Å². The Morgan fingerprint density at radius 1 is 1.26 bits per heavy atom. The third-order valence-corrected chi connectivity index (χ3v) is 4.55. The Balaban J connectivity index is 2.00. The summed E-state index contributed by atoms with van der Waals surface area (Å²) in [6, 6.07) is 0.390. The lowest BCUT2D eigenvalue weighted by Crippen LogP contribution is -2.46. The van der Waals surface area contributed by atoms with Gasteiger partial charge in [0.2, 0.25) is 0 Å². The van der Waals surface area contributed by atoms with Crippen LogP contribution in [0.25, 0.3) is 0 Å². The van der Waals surface area contributed by atoms with E-state index in [1.165, 1.54) is 12.8 Å². The van der Waals surface area contributed by atoms with E-state index in [9.17, 15) is 9.59 Å². The summed E-state index contributed by atoms with van der Waals surface area (Å²) in [6.45, 7) is 5.56. The number of nitrogens with zero attached hydrogens (tertiary/aromatic N) is 2. The number of carboxylic acids is 1. The molecule has 1 heterocycles. The van der Waals surface area contributed by atoms with Crippen molar-refractivity contribution in [2.24, 2.45) is 11.8 Å². The highest BCUT2D eigenvalue weighted by atomic mass is 16.4. The minimum absolute atomic E-state index is 0.0324. The molecule has 1 saturated carbocycles. The molecule has 2 rings (SSSR count). The van der Waals surface area contributed by atoms with Crippen LogP contribution in [0.5, 0.6) is 0 Å². The van der Waals surface area contributed by atoms with Gasteiger partial charge in [-0.1, -0.05) is 19.8 Å². The maximum Gasteiger partial charge on any atom is 0.320 e. The van der Waals surface area contributed by atoms with Crippen LogP contribution in [0.2, 0.25) is 0 Å². The van der Waals surface area contributed by atoms with Crippen molar-refractivity contribution < 1.29 is 14.7 Å². The van der Waals surface area contributed by atoms with Gasteiger partial charge in [0.15, 0.2) is 0 Å². The predicted octanol–water partition coefficient (Wildman–Crippen LogP) is 2.02. The Morgan fingerprint density at radius 2 is 1.89 bits per heavy atom. The number of carbonyl (C=O) groups is 2. The number of aliphatic carboxylic acids is 1. The van der Waals surface area contributed by atoms with Crippen molar-refractivity contribution in [3.05, 3.63) is 0 Å². The monoisotopic (exact) mass is 268 g/mol. The fourth-order valence-corrected chi connectivity index (χ4v) is 3.39. The van der Waals surface area contributed by atoms with E-state index in [-0.39, 0.29) is 11.9 Å². The maximum atomic E-state index is 12.5. The van der Waals surface area contributed by atoms with Gasteiger partial charge in [0.1, 0.15) is 0 Å². The zero-order chi connectivity index (χ0) is 14.0. The van der Waals surface area contributed by atoms with Crippen LogP contribution in [0.15, 0.2) is 0 Å². The van der Waals surface area contributed by atoms with Gasteiger partial charge in [0.05, 0.1) is 5.92 Å². The topological polar surface area (TPSA) is 60.9 Å². The highest BCUT2D eigenvalue weighted by molar-refractivity contribution is 5.78. The van der Waals surface area contributed by atoms with Gasteiger partial charge < -0.3 is 14.9 Å². The molecular weight excluding hydrogens is 244 g/mol. The Hall–Kier alpha value is -1.26. The van der Waals surface area contributed by atoms with E-state index in [1.807, 2.05) is 18.7 Å². The average Bonchev–Trinajstić information content (AvgIpc) is 2.99. The zero-order valence-electron chi connectivity index (χ0n) is 11.8. The molecule has 108 valence electrons. The van der Waals surface area contributed by atoms with Crippen molar-refractivity contribution in [2.75, 3.05) is 19.6 Å². The normalized spacial score (nSPS) is 27.8. The Labute approximate surface area is 114 Å². The van der Waals surface area contributed by atoms with Crippen LogP contribution < -0.4 is 0 Å². The molecule has 0 aromatic heterocycles. The maximum absolute atomic E-state index is 12.5. The summed E-state index contributed by atoms with van der Waals surface area (Å²) in [6.07, 6.45) is 4.57. The van der Waals surface area contributed by atoms with E-state index in [1.54, 1.807) is 4.90 Å². The van der Waals surface area contributed by atoms with E-state index < -0.39 is 11.9 Å². The molecule has 2 unspecified atom stereocenters. The first-order valence-electron chi connectivity index (χ1n) is 7.33. The number of carboxylic acid groups (broad SMARTS) is 1. The van der Waals surface area contributed by atoms with Gasteiger partial charge in [-0.2, -0.15) is 0 Å². The summed E-state index contributed by atoms with van der Waals surface area (Å²) in [5.41, 5.74) is 0. The molecule has 2 fully saturated rings. The van der Waals surface area contributed by atoms with Crippen molar-refractivity contribution in [3.63, 3.8) is 0 Å². The molecule has 5 nitrogen and oxygen atoms in total. The third kappa shape index (κ3) is 2.85. The van der Waals surface area contributed by atoms with Crippen molar-refractivity contribution in [2.45, 2.75) is 45.6 Å². The molecule has 5 heteroatoms. The minimum atomic E-state index is -0.785. The third-order valence-electron chi connectivity index (χ3n) is 4.55. The highest BCUT2D eigenvalue weighted by Gasteiger charge is 2.39. The number of rotatable bonds is 3. The molecule has 0 spiro atoms. The number of hydrogen-bond acceptors (Lipinski definition) is 2. The van der Waals surface area contributed by atoms with Crippen LogP contribution in [0.3, 0.4) is 0 Å². The van der Waals surface area contributed by atoms with Crippen LogP contribution in [-0.4, -0.2) is 52.6 Å². The lowest BCUT2D eigenvalue weighted by molar-refractivity contribution is -0.142. The number of carbonyl (C=O) groups excluding carboxylic acids is 1. The molecule has 0 radical (unpaired) electrons. The molecule has 0 aromatic rings. The molecule has 2 atom stereocenters. The lowest BCUT2D eigenvalue weighted by Gasteiger charge is -2.32. The van der Waals surface area contributed by atoms with Gasteiger partial charge >= 0.3 is 12.0 Å². The fraction of sp³-hybridized carbons (Fsp3) is 0.857. The summed E-state index contributed by atoms with van der Waals surface area (Å²) in [4.78, 5) is 27.3. The van der Waals surface area contributed by atoms with Crippen LogP contribution in [0.4, 0.5) is 4.79 Å². The zero-order valence-corrected chi connectivity index (χ0v) is 11.8. The predicted molar refractivity (Wildman–Crippen MR) is 71.9 cm³/mol. The van der Waals surface area contributed by atoms with Gasteiger partial charge in [-0.25, -0.2) is 4.79 Å². The Morgan fingerprint density at radius 3 is 2.37 bits per heavy atom. The Bertz CT molecular complexity index is 353. The molecule has 1 N–H and O–H groups in total. The van der Waals surface area contributed by atoms with E-state index in [2.05, 4.69) is 0 Å². The lowest BCUT2D eigenvalue weighted by atomic mass is 9.99. The van der Waals surface area contributed by atoms with E-state index in [0.29, 0.717) is 25.7 Å². The quantitative estimate of drug-likeness (QED) is 0.852.